The molecule has 0 radical (unpaired) electrons. The van der Waals surface area contributed by atoms with Crippen molar-refractivity contribution < 1.29 is 4.79 Å². The van der Waals surface area contributed by atoms with Gasteiger partial charge in [0, 0.05) is 17.0 Å². The molecule has 0 spiro atoms. The highest BCUT2D eigenvalue weighted by Gasteiger charge is 2.12. The van der Waals surface area contributed by atoms with Gasteiger partial charge in [-0.25, -0.2) is 0 Å². The van der Waals surface area contributed by atoms with Crippen LogP contribution in [0, 0.1) is 0 Å². The third-order valence-corrected chi connectivity index (χ3v) is 3.26. The molecule has 1 aromatic rings. The van der Waals surface area contributed by atoms with Crippen molar-refractivity contribution in [3.63, 3.8) is 0 Å². The first-order valence-corrected chi connectivity index (χ1v) is 6.15. The lowest BCUT2D eigenvalue weighted by molar-refractivity contribution is -0.116. The van der Waals surface area contributed by atoms with Gasteiger partial charge < -0.3 is 5.32 Å². The van der Waals surface area contributed by atoms with Gasteiger partial charge in [-0.15, -0.1) is 0 Å². The normalized spacial score (nSPS) is 15.6. The summed E-state index contributed by atoms with van der Waals surface area (Å²) in [5.74, 6) is 0.107. The number of halogens is 1. The van der Waals surface area contributed by atoms with E-state index in [-0.39, 0.29) is 5.91 Å². The number of benzene rings is 1. The maximum atomic E-state index is 11.3. The lowest BCUT2D eigenvalue weighted by Gasteiger charge is -2.06. The molecule has 74 valence electrons. The van der Waals surface area contributed by atoms with Gasteiger partial charge in [-0.2, -0.15) is 0 Å². The van der Waals surface area contributed by atoms with Crippen molar-refractivity contribution in [2.24, 2.45) is 0 Å². The quantitative estimate of drug-likeness (QED) is 0.798. The molecule has 0 bridgehead atoms. The van der Waals surface area contributed by atoms with E-state index < -0.39 is 0 Å². The highest BCUT2D eigenvalue weighted by molar-refractivity contribution is 8.21. The molecule has 1 aromatic carbocycles. The SMILES string of the molecule is O=C1CCCc2cc(SCl)ccc2N1. The van der Waals surface area contributed by atoms with E-state index >= 15 is 0 Å². The van der Waals surface area contributed by atoms with Crippen molar-refractivity contribution in [3.8, 4) is 0 Å². The molecule has 0 fully saturated rings. The molecule has 14 heavy (non-hydrogen) atoms. The Hall–Kier alpha value is -0.670. The minimum atomic E-state index is 0.107. The summed E-state index contributed by atoms with van der Waals surface area (Å²) in [6.07, 6.45) is 2.46. The summed E-state index contributed by atoms with van der Waals surface area (Å²) >= 11 is 0. The van der Waals surface area contributed by atoms with Crippen molar-refractivity contribution in [3.05, 3.63) is 23.8 Å². The van der Waals surface area contributed by atoms with Gasteiger partial charge in [-0.1, -0.05) is 0 Å². The second kappa shape index (κ2) is 4.24. The summed E-state index contributed by atoms with van der Waals surface area (Å²) in [5.41, 5.74) is 2.11. The van der Waals surface area contributed by atoms with Crippen molar-refractivity contribution >= 4 is 33.3 Å². The minimum Gasteiger partial charge on any atom is -0.326 e. The van der Waals surface area contributed by atoms with E-state index in [0.717, 1.165) is 23.4 Å². The fourth-order valence-electron chi connectivity index (χ4n) is 1.60. The number of hydrogen-bond acceptors (Lipinski definition) is 2. The molecule has 0 saturated heterocycles. The Labute approximate surface area is 91.5 Å². The zero-order chi connectivity index (χ0) is 9.97. The summed E-state index contributed by atoms with van der Waals surface area (Å²) in [5, 5.41) is 2.88. The fraction of sp³-hybridized carbons (Fsp3) is 0.300. The molecule has 0 atom stereocenters. The first kappa shape index (κ1) is 9.87. The van der Waals surface area contributed by atoms with Crippen molar-refractivity contribution in [1.29, 1.82) is 0 Å². The molecule has 2 nitrogen and oxygen atoms in total. The molecule has 1 aliphatic rings. The maximum absolute atomic E-state index is 11.3. The van der Waals surface area contributed by atoms with Crippen molar-refractivity contribution in [1.82, 2.24) is 0 Å². The van der Waals surface area contributed by atoms with E-state index in [9.17, 15) is 4.79 Å². The van der Waals surface area contributed by atoms with Crippen molar-refractivity contribution in [2.75, 3.05) is 5.32 Å². The monoisotopic (exact) mass is 227 g/mol. The van der Waals surface area contributed by atoms with Crippen LogP contribution in [0.5, 0.6) is 0 Å². The van der Waals surface area contributed by atoms with E-state index in [2.05, 4.69) is 5.32 Å². The Morgan fingerprint density at radius 1 is 1.36 bits per heavy atom. The number of aryl methyl sites for hydroxylation is 1. The van der Waals surface area contributed by atoms with Gasteiger partial charge in [0.1, 0.15) is 0 Å². The number of rotatable bonds is 1. The van der Waals surface area contributed by atoms with Gasteiger partial charge in [0.2, 0.25) is 5.91 Å². The van der Waals surface area contributed by atoms with Gasteiger partial charge in [0.05, 0.1) is 0 Å². The number of fused-ring (bicyclic) bond motifs is 1. The Morgan fingerprint density at radius 3 is 3.00 bits per heavy atom. The van der Waals surface area contributed by atoms with Crippen LogP contribution in [0.3, 0.4) is 0 Å². The van der Waals surface area contributed by atoms with E-state index in [1.807, 2.05) is 18.2 Å². The summed E-state index contributed by atoms with van der Waals surface area (Å²) in [6.45, 7) is 0. The van der Waals surface area contributed by atoms with E-state index in [1.165, 1.54) is 16.5 Å². The Morgan fingerprint density at radius 2 is 2.21 bits per heavy atom. The average molecular weight is 228 g/mol. The van der Waals surface area contributed by atoms with E-state index in [4.69, 9.17) is 10.7 Å². The summed E-state index contributed by atoms with van der Waals surface area (Å²) in [7, 11) is 6.88. The number of amides is 1. The lowest BCUT2D eigenvalue weighted by Crippen LogP contribution is -2.08. The number of carbonyl (C=O) groups is 1. The second-order valence-electron chi connectivity index (χ2n) is 3.30. The molecule has 2 rings (SSSR count). The predicted octanol–water partition coefficient (Wildman–Crippen LogP) is 3.21. The van der Waals surface area contributed by atoms with Gasteiger partial charge in [-0.05, 0) is 58.3 Å². The van der Waals surface area contributed by atoms with Crippen LogP contribution in [0.2, 0.25) is 0 Å². The molecule has 0 aliphatic carbocycles. The predicted molar refractivity (Wildman–Crippen MR) is 59.7 cm³/mol. The van der Waals surface area contributed by atoms with Crippen LogP contribution in [0.25, 0.3) is 0 Å². The van der Waals surface area contributed by atoms with Gasteiger partial charge in [0.15, 0.2) is 0 Å². The number of nitrogens with one attached hydrogen (secondary N) is 1. The summed E-state index contributed by atoms with van der Waals surface area (Å²) in [4.78, 5) is 12.3. The number of anilines is 1. The molecule has 1 amide bonds. The number of carbonyl (C=O) groups excluding carboxylic acids is 1. The molecule has 0 unspecified atom stereocenters. The topological polar surface area (TPSA) is 29.1 Å². The van der Waals surface area contributed by atoms with Crippen LogP contribution >= 0.6 is 21.7 Å². The zero-order valence-electron chi connectivity index (χ0n) is 7.55. The second-order valence-corrected chi connectivity index (χ2v) is 4.39. The Kier molecular flexibility index (Phi) is 2.99. The largest absolute Gasteiger partial charge is 0.326 e. The van der Waals surface area contributed by atoms with Crippen LogP contribution in [0.1, 0.15) is 18.4 Å². The fourth-order valence-corrected chi connectivity index (χ4v) is 2.19. The first-order chi connectivity index (χ1) is 6.79. The Bertz CT molecular complexity index is 367. The summed E-state index contributed by atoms with van der Waals surface area (Å²) in [6, 6.07) is 5.88. The molecule has 0 aromatic heterocycles. The molecular formula is C10H10ClNOS. The van der Waals surface area contributed by atoms with Crippen LogP contribution in [0.4, 0.5) is 5.69 Å². The van der Waals surface area contributed by atoms with E-state index in [1.54, 1.807) is 0 Å². The first-order valence-electron chi connectivity index (χ1n) is 4.51. The lowest BCUT2D eigenvalue weighted by atomic mass is 10.1. The van der Waals surface area contributed by atoms with Gasteiger partial charge >= 0.3 is 0 Å². The maximum Gasteiger partial charge on any atom is 0.224 e. The smallest absolute Gasteiger partial charge is 0.224 e. The standard InChI is InChI=1S/C10H10ClNOS/c11-14-8-4-5-9-7(6-8)2-1-3-10(13)12-9/h4-6H,1-3H2,(H,12,13). The molecule has 1 aliphatic heterocycles. The Balaban J connectivity index is 2.35. The molecule has 1 heterocycles. The molecule has 1 N–H and O–H groups in total. The van der Waals surface area contributed by atoms with Crippen LogP contribution in [-0.4, -0.2) is 5.91 Å². The summed E-state index contributed by atoms with van der Waals surface area (Å²) < 4.78 is 0. The molecular weight excluding hydrogens is 218 g/mol. The van der Waals surface area contributed by atoms with Crippen LogP contribution in [-0.2, 0) is 11.2 Å². The van der Waals surface area contributed by atoms with Gasteiger partial charge in [-0.3, -0.25) is 4.79 Å². The highest BCUT2D eigenvalue weighted by atomic mass is 35.7. The van der Waals surface area contributed by atoms with Crippen LogP contribution < -0.4 is 5.32 Å². The average Bonchev–Trinajstić information content (AvgIpc) is 2.37. The van der Waals surface area contributed by atoms with E-state index in [0.29, 0.717) is 6.42 Å². The molecule has 4 heteroatoms. The number of hydrogen-bond donors (Lipinski definition) is 1. The highest BCUT2D eigenvalue weighted by Crippen LogP contribution is 2.29. The molecule has 0 saturated carbocycles. The zero-order valence-corrected chi connectivity index (χ0v) is 9.12. The van der Waals surface area contributed by atoms with Crippen LogP contribution in [0.15, 0.2) is 23.1 Å². The van der Waals surface area contributed by atoms with Gasteiger partial charge in [0.25, 0.3) is 0 Å². The third-order valence-electron chi connectivity index (χ3n) is 2.29. The van der Waals surface area contributed by atoms with Crippen molar-refractivity contribution in [2.45, 2.75) is 24.2 Å². The third kappa shape index (κ3) is 2.04. The minimum absolute atomic E-state index is 0.107.